The number of carbonyl (C=O) groups is 1. The Balaban J connectivity index is 1.88. The summed E-state index contributed by atoms with van der Waals surface area (Å²) in [5.41, 5.74) is 1.72. The van der Waals surface area contributed by atoms with Gasteiger partial charge in [0.25, 0.3) is 5.78 Å². The number of amides is 1. The van der Waals surface area contributed by atoms with Crippen LogP contribution in [-0.2, 0) is 22.3 Å². The lowest BCUT2D eigenvalue weighted by molar-refractivity contribution is 0.138. The van der Waals surface area contributed by atoms with Gasteiger partial charge in [-0.15, -0.1) is 0 Å². The van der Waals surface area contributed by atoms with E-state index in [-0.39, 0.29) is 13.0 Å². The van der Waals surface area contributed by atoms with E-state index in [9.17, 15) is 14.3 Å². The molecular formula is C16H17NO4P+. The van der Waals surface area contributed by atoms with Crippen molar-refractivity contribution < 1.29 is 19.0 Å². The third-order valence-electron chi connectivity index (χ3n) is 3.04. The molecule has 0 heterocycles. The molecule has 0 aliphatic heterocycles. The highest BCUT2D eigenvalue weighted by Gasteiger charge is 2.31. The Morgan fingerprint density at radius 1 is 1.05 bits per heavy atom. The number of rotatable bonds is 6. The Morgan fingerprint density at radius 3 is 2.14 bits per heavy atom. The molecule has 2 aromatic rings. The van der Waals surface area contributed by atoms with E-state index in [1.807, 2.05) is 60.7 Å². The van der Waals surface area contributed by atoms with Gasteiger partial charge in [-0.05, 0) is 15.7 Å². The minimum absolute atomic E-state index is 0.118. The smallest absolute Gasteiger partial charge is 0.445 e. The zero-order valence-electron chi connectivity index (χ0n) is 11.9. The Bertz CT molecular complexity index is 619. The first-order valence-corrected chi connectivity index (χ1v) is 8.09. The molecule has 114 valence electrons. The molecule has 0 aliphatic rings. The van der Waals surface area contributed by atoms with Gasteiger partial charge < -0.3 is 4.74 Å². The van der Waals surface area contributed by atoms with Gasteiger partial charge in [-0.3, -0.25) is 5.32 Å². The van der Waals surface area contributed by atoms with Crippen molar-refractivity contribution in [2.75, 3.05) is 0 Å². The monoisotopic (exact) mass is 318 g/mol. The van der Waals surface area contributed by atoms with Gasteiger partial charge in [0.2, 0.25) is 0 Å². The van der Waals surface area contributed by atoms with Gasteiger partial charge in [-0.2, -0.15) is 4.89 Å². The minimum Gasteiger partial charge on any atom is -0.445 e. The van der Waals surface area contributed by atoms with Gasteiger partial charge in [0.15, 0.2) is 0 Å². The molecule has 0 saturated carbocycles. The van der Waals surface area contributed by atoms with Crippen molar-refractivity contribution in [2.24, 2.45) is 0 Å². The van der Waals surface area contributed by atoms with Crippen LogP contribution in [-0.4, -0.2) is 16.8 Å². The van der Waals surface area contributed by atoms with Crippen molar-refractivity contribution >= 4 is 14.1 Å². The summed E-state index contributed by atoms with van der Waals surface area (Å²) in [4.78, 5) is 21.1. The average Bonchev–Trinajstić information content (AvgIpc) is 2.54. The van der Waals surface area contributed by atoms with Crippen LogP contribution < -0.4 is 5.32 Å². The number of benzene rings is 2. The highest BCUT2D eigenvalue weighted by atomic mass is 31.1. The Hall–Kier alpha value is -2.23. The minimum atomic E-state index is -2.55. The van der Waals surface area contributed by atoms with Crippen molar-refractivity contribution in [3.05, 3.63) is 71.8 Å². The van der Waals surface area contributed by atoms with Crippen LogP contribution in [0.25, 0.3) is 0 Å². The summed E-state index contributed by atoms with van der Waals surface area (Å²) in [5.74, 6) is -0.874. The molecule has 0 saturated heterocycles. The van der Waals surface area contributed by atoms with E-state index in [0.29, 0.717) is 0 Å². The van der Waals surface area contributed by atoms with Gasteiger partial charge in [0.1, 0.15) is 6.61 Å². The van der Waals surface area contributed by atoms with Gasteiger partial charge in [-0.25, -0.2) is 4.79 Å². The molecule has 2 atom stereocenters. The van der Waals surface area contributed by atoms with Crippen LogP contribution in [0.5, 0.6) is 0 Å². The molecule has 5 nitrogen and oxygen atoms in total. The second-order valence-corrected chi connectivity index (χ2v) is 5.94. The van der Waals surface area contributed by atoms with Crippen LogP contribution in [0.4, 0.5) is 4.79 Å². The van der Waals surface area contributed by atoms with Crippen LogP contribution in [0, 0.1) is 0 Å². The number of hydrogen-bond donors (Lipinski definition) is 2. The number of ether oxygens (including phenoxy) is 1. The summed E-state index contributed by atoms with van der Waals surface area (Å²) in [6.07, 6.45) is -0.435. The van der Waals surface area contributed by atoms with Crippen molar-refractivity contribution in [1.29, 1.82) is 0 Å². The zero-order chi connectivity index (χ0) is 15.8. The van der Waals surface area contributed by atoms with Crippen LogP contribution in [0.3, 0.4) is 0 Å². The fourth-order valence-electron chi connectivity index (χ4n) is 1.92. The predicted octanol–water partition coefficient (Wildman–Crippen LogP) is 3.22. The molecule has 0 bridgehead atoms. The third-order valence-corrected chi connectivity index (χ3v) is 3.88. The lowest BCUT2D eigenvalue weighted by atomic mass is 10.1. The second-order valence-electron chi connectivity index (χ2n) is 4.71. The van der Waals surface area contributed by atoms with E-state index < -0.39 is 19.9 Å². The van der Waals surface area contributed by atoms with Crippen LogP contribution >= 0.6 is 8.03 Å². The number of carbonyl (C=O) groups excluding carboxylic acids is 1. The molecule has 1 amide bonds. The van der Waals surface area contributed by atoms with Crippen molar-refractivity contribution in [2.45, 2.75) is 18.8 Å². The maximum atomic E-state index is 11.7. The van der Waals surface area contributed by atoms with Crippen LogP contribution in [0.1, 0.15) is 11.1 Å². The second kappa shape index (κ2) is 8.27. The number of hydrogen-bond acceptors (Lipinski definition) is 3. The van der Waals surface area contributed by atoms with E-state index in [0.717, 1.165) is 11.1 Å². The largest absolute Gasteiger partial charge is 0.531 e. The highest BCUT2D eigenvalue weighted by Crippen LogP contribution is 2.23. The van der Waals surface area contributed by atoms with E-state index in [1.165, 1.54) is 0 Å². The average molecular weight is 318 g/mol. The van der Waals surface area contributed by atoms with E-state index in [1.54, 1.807) is 0 Å². The van der Waals surface area contributed by atoms with Crippen molar-refractivity contribution in [3.8, 4) is 0 Å². The summed E-state index contributed by atoms with van der Waals surface area (Å²) in [6.45, 7) is 0.118. The fourth-order valence-corrected chi connectivity index (χ4v) is 2.51. The van der Waals surface area contributed by atoms with E-state index >= 15 is 0 Å². The molecule has 0 radical (unpaired) electrons. The lowest BCUT2D eigenvalue weighted by Crippen LogP contribution is -2.34. The molecule has 0 aromatic heterocycles. The first kappa shape index (κ1) is 16.1. The molecule has 2 aromatic carbocycles. The zero-order valence-corrected chi connectivity index (χ0v) is 12.8. The van der Waals surface area contributed by atoms with E-state index in [2.05, 4.69) is 5.32 Å². The molecule has 2 N–H and O–H groups in total. The number of alkyl carbamates (subject to hydrolysis) is 1. The highest BCUT2D eigenvalue weighted by molar-refractivity contribution is 7.38. The summed E-state index contributed by atoms with van der Waals surface area (Å²) in [7, 11) is -2.55. The van der Waals surface area contributed by atoms with Crippen LogP contribution in [0.2, 0.25) is 0 Å². The maximum absolute atomic E-state index is 11.7. The van der Waals surface area contributed by atoms with Crippen LogP contribution in [0.15, 0.2) is 60.7 Å². The third kappa shape index (κ3) is 5.28. The SMILES string of the molecule is O=C(NC(Cc1ccccc1)[P+](=O)O)OCc1ccccc1. The first-order chi connectivity index (χ1) is 10.6. The number of nitrogens with one attached hydrogen (secondary N) is 1. The Morgan fingerprint density at radius 2 is 1.59 bits per heavy atom. The molecule has 0 spiro atoms. The van der Waals surface area contributed by atoms with Gasteiger partial charge >= 0.3 is 14.1 Å². The molecular weight excluding hydrogens is 301 g/mol. The molecule has 2 rings (SSSR count). The summed E-state index contributed by atoms with van der Waals surface area (Å²) < 4.78 is 16.4. The molecule has 2 unspecified atom stereocenters. The topological polar surface area (TPSA) is 75.6 Å². The molecule has 6 heteroatoms. The van der Waals surface area contributed by atoms with Gasteiger partial charge in [-0.1, -0.05) is 60.7 Å². The predicted molar refractivity (Wildman–Crippen MR) is 83.5 cm³/mol. The summed E-state index contributed by atoms with van der Waals surface area (Å²) in [6, 6.07) is 18.4. The van der Waals surface area contributed by atoms with Gasteiger partial charge in [0, 0.05) is 6.42 Å². The lowest BCUT2D eigenvalue weighted by Gasteiger charge is -2.09. The van der Waals surface area contributed by atoms with E-state index in [4.69, 9.17) is 4.74 Å². The fraction of sp³-hybridized carbons (Fsp3) is 0.188. The first-order valence-electron chi connectivity index (χ1n) is 6.81. The quantitative estimate of drug-likeness (QED) is 0.802. The Labute approximate surface area is 129 Å². The van der Waals surface area contributed by atoms with Crippen molar-refractivity contribution in [1.82, 2.24) is 5.32 Å². The standard InChI is InChI=1S/C16H16NO4P/c18-16(21-12-14-9-5-2-6-10-14)17-15(22(19)20)11-13-7-3-1-4-8-13/h1-10,15H,11-12H2,(H-,17,18,19,20)/p+1. The normalized spacial score (nSPS) is 12.3. The summed E-state index contributed by atoms with van der Waals surface area (Å²) >= 11 is 0. The Kier molecular flexibility index (Phi) is 6.07. The maximum Gasteiger partial charge on any atom is 0.531 e. The molecule has 0 aliphatic carbocycles. The molecule has 0 fully saturated rings. The van der Waals surface area contributed by atoms with Crippen molar-refractivity contribution in [3.63, 3.8) is 0 Å². The van der Waals surface area contributed by atoms with Gasteiger partial charge in [0.05, 0.1) is 0 Å². The molecule has 22 heavy (non-hydrogen) atoms. The summed E-state index contributed by atoms with van der Waals surface area (Å²) in [5, 5.41) is 2.44.